The normalized spacial score (nSPS) is 18.6. The van der Waals surface area contributed by atoms with Crippen LogP contribution < -0.4 is 5.73 Å². The minimum atomic E-state index is 0.137. The third kappa shape index (κ3) is 3.82. The molecular formula is C14H20BN2O2. The predicted molar refractivity (Wildman–Crippen MR) is 75.7 cm³/mol. The molecule has 0 unspecified atom stereocenters. The molecule has 1 heterocycles. The molecule has 0 saturated carbocycles. The van der Waals surface area contributed by atoms with Gasteiger partial charge in [0.25, 0.3) is 13.4 Å². The first-order valence-corrected chi connectivity index (χ1v) is 6.72. The monoisotopic (exact) mass is 259 g/mol. The van der Waals surface area contributed by atoms with E-state index in [2.05, 4.69) is 6.92 Å². The number of benzene rings is 1. The van der Waals surface area contributed by atoms with Crippen LogP contribution in [0.3, 0.4) is 0 Å². The molecule has 101 valence electrons. The molecular weight excluding hydrogens is 239 g/mol. The Bertz CT molecular complexity index is 422. The number of carbonyl (C=O) groups is 1. The fourth-order valence-corrected chi connectivity index (χ4v) is 2.31. The summed E-state index contributed by atoms with van der Waals surface area (Å²) in [6.45, 7) is 4.13. The van der Waals surface area contributed by atoms with Crippen LogP contribution in [0.5, 0.6) is 0 Å². The van der Waals surface area contributed by atoms with Gasteiger partial charge in [0.15, 0.2) is 0 Å². The van der Waals surface area contributed by atoms with Crippen LogP contribution in [0.25, 0.3) is 0 Å². The molecule has 1 aromatic carbocycles. The highest BCUT2D eigenvalue weighted by atomic mass is 16.4. The molecule has 1 aliphatic rings. The van der Waals surface area contributed by atoms with E-state index in [1.807, 2.05) is 29.2 Å². The fraction of sp³-hybridized carbons (Fsp3) is 0.500. The maximum Gasteiger partial charge on any atom is 0.298 e. The van der Waals surface area contributed by atoms with Gasteiger partial charge in [-0.1, -0.05) is 24.6 Å². The van der Waals surface area contributed by atoms with Crippen molar-refractivity contribution in [3.05, 3.63) is 35.4 Å². The van der Waals surface area contributed by atoms with Crippen LogP contribution in [0.2, 0.25) is 0 Å². The lowest BCUT2D eigenvalue weighted by molar-refractivity contribution is 0.0788. The standard InChI is InChI=1S/C14H20BN2O2/c1-11-6-7-17(9-11)14(18)13-4-2-12(3-5-13)8-15-19-10-16/h2-5,11H,6-10,16H2,1H3/t11-/m1/s1. The van der Waals surface area contributed by atoms with Gasteiger partial charge in [-0.2, -0.15) is 0 Å². The molecule has 1 aromatic rings. The number of rotatable bonds is 5. The van der Waals surface area contributed by atoms with E-state index in [-0.39, 0.29) is 12.6 Å². The van der Waals surface area contributed by atoms with Crippen LogP contribution in [-0.2, 0) is 11.0 Å². The van der Waals surface area contributed by atoms with Crippen LogP contribution in [0, 0.1) is 5.92 Å². The first-order valence-electron chi connectivity index (χ1n) is 6.72. The molecule has 0 aromatic heterocycles. The number of amides is 1. The van der Waals surface area contributed by atoms with Gasteiger partial charge in [-0.05, 0) is 30.8 Å². The van der Waals surface area contributed by atoms with E-state index < -0.39 is 0 Å². The molecule has 4 nitrogen and oxygen atoms in total. The molecule has 19 heavy (non-hydrogen) atoms. The van der Waals surface area contributed by atoms with Crippen molar-refractivity contribution in [2.24, 2.45) is 11.7 Å². The van der Waals surface area contributed by atoms with Gasteiger partial charge >= 0.3 is 0 Å². The molecule has 0 spiro atoms. The maximum absolute atomic E-state index is 12.2. The molecule has 1 amide bonds. The molecule has 1 saturated heterocycles. The van der Waals surface area contributed by atoms with Gasteiger partial charge in [0.1, 0.15) is 0 Å². The summed E-state index contributed by atoms with van der Waals surface area (Å²) in [4.78, 5) is 14.2. The summed E-state index contributed by atoms with van der Waals surface area (Å²) < 4.78 is 4.99. The first-order chi connectivity index (χ1) is 9.20. The molecule has 0 bridgehead atoms. The molecule has 5 heteroatoms. The van der Waals surface area contributed by atoms with Crippen LogP contribution in [0.4, 0.5) is 0 Å². The Kier molecular flexibility index (Phi) is 4.99. The third-order valence-electron chi connectivity index (χ3n) is 3.45. The number of nitrogens with two attached hydrogens (primary N) is 1. The Morgan fingerprint density at radius 3 is 2.79 bits per heavy atom. The Hall–Kier alpha value is -1.33. The lowest BCUT2D eigenvalue weighted by Crippen LogP contribution is -2.28. The highest BCUT2D eigenvalue weighted by Crippen LogP contribution is 2.18. The van der Waals surface area contributed by atoms with Crippen LogP contribution >= 0.6 is 0 Å². The Morgan fingerprint density at radius 2 is 2.21 bits per heavy atom. The third-order valence-corrected chi connectivity index (χ3v) is 3.45. The molecule has 1 radical (unpaired) electrons. The minimum absolute atomic E-state index is 0.137. The van der Waals surface area contributed by atoms with E-state index >= 15 is 0 Å². The summed E-state index contributed by atoms with van der Waals surface area (Å²) in [5.74, 6) is 0.754. The maximum atomic E-state index is 12.2. The zero-order chi connectivity index (χ0) is 13.7. The highest BCUT2D eigenvalue weighted by Gasteiger charge is 2.23. The van der Waals surface area contributed by atoms with Crippen molar-refractivity contribution in [3.63, 3.8) is 0 Å². The van der Waals surface area contributed by atoms with Crippen molar-refractivity contribution in [2.45, 2.75) is 19.7 Å². The summed E-state index contributed by atoms with van der Waals surface area (Å²) in [5.41, 5.74) is 7.11. The van der Waals surface area contributed by atoms with Gasteiger partial charge in [0.05, 0.1) is 6.73 Å². The van der Waals surface area contributed by atoms with Gasteiger partial charge in [0.2, 0.25) is 0 Å². The number of likely N-dealkylation sites (tertiary alicyclic amines) is 1. The van der Waals surface area contributed by atoms with Gasteiger partial charge < -0.3 is 15.3 Å². The van der Waals surface area contributed by atoms with Crippen LogP contribution in [0.1, 0.15) is 29.3 Å². The zero-order valence-corrected chi connectivity index (χ0v) is 11.3. The highest BCUT2D eigenvalue weighted by molar-refractivity contribution is 6.26. The Balaban J connectivity index is 1.92. The molecule has 1 aliphatic heterocycles. The van der Waals surface area contributed by atoms with E-state index in [0.29, 0.717) is 12.2 Å². The predicted octanol–water partition coefficient (Wildman–Crippen LogP) is 1.22. The fourth-order valence-electron chi connectivity index (χ4n) is 2.31. The second kappa shape index (κ2) is 6.73. The summed E-state index contributed by atoms with van der Waals surface area (Å²) in [5, 5.41) is 0. The summed E-state index contributed by atoms with van der Waals surface area (Å²) in [6.07, 6.45) is 1.81. The molecule has 2 N–H and O–H groups in total. The van der Waals surface area contributed by atoms with Crippen molar-refractivity contribution >= 4 is 13.4 Å². The quantitative estimate of drug-likeness (QED) is 0.491. The molecule has 0 aliphatic carbocycles. The molecule has 2 rings (SSSR count). The second-order valence-electron chi connectivity index (χ2n) is 5.05. The summed E-state index contributed by atoms with van der Waals surface area (Å²) in [7, 11) is 1.68. The van der Waals surface area contributed by atoms with Gasteiger partial charge in [-0.3, -0.25) is 4.79 Å². The number of nitrogens with zero attached hydrogens (tertiary/aromatic N) is 1. The smallest absolute Gasteiger partial charge is 0.298 e. The summed E-state index contributed by atoms with van der Waals surface area (Å²) in [6, 6.07) is 7.69. The Labute approximate surface area is 115 Å². The van der Waals surface area contributed by atoms with Crippen molar-refractivity contribution < 1.29 is 9.45 Å². The van der Waals surface area contributed by atoms with Crippen molar-refractivity contribution in [3.8, 4) is 0 Å². The van der Waals surface area contributed by atoms with E-state index in [1.54, 1.807) is 7.48 Å². The average molecular weight is 259 g/mol. The number of carbonyl (C=O) groups excluding carboxylic acids is 1. The first kappa shape index (κ1) is 14.1. The zero-order valence-electron chi connectivity index (χ0n) is 11.3. The lowest BCUT2D eigenvalue weighted by Gasteiger charge is -2.16. The average Bonchev–Trinajstić information content (AvgIpc) is 2.86. The van der Waals surface area contributed by atoms with Gasteiger partial charge in [-0.15, -0.1) is 0 Å². The largest absolute Gasteiger partial charge is 0.428 e. The van der Waals surface area contributed by atoms with E-state index in [9.17, 15) is 4.79 Å². The van der Waals surface area contributed by atoms with Crippen LogP contribution in [-0.4, -0.2) is 38.1 Å². The van der Waals surface area contributed by atoms with E-state index in [4.69, 9.17) is 10.4 Å². The number of hydrogen-bond acceptors (Lipinski definition) is 3. The SMILES string of the molecule is C[C@@H]1CCN(C(=O)c2ccc(C[B]OCN)cc2)C1. The molecule has 1 atom stereocenters. The van der Waals surface area contributed by atoms with Crippen molar-refractivity contribution in [2.75, 3.05) is 19.8 Å². The van der Waals surface area contributed by atoms with Crippen LogP contribution in [0.15, 0.2) is 24.3 Å². The lowest BCUT2D eigenvalue weighted by atomic mass is 9.89. The van der Waals surface area contributed by atoms with E-state index in [0.717, 1.165) is 30.6 Å². The second-order valence-corrected chi connectivity index (χ2v) is 5.05. The topological polar surface area (TPSA) is 55.6 Å². The Morgan fingerprint density at radius 1 is 1.47 bits per heavy atom. The van der Waals surface area contributed by atoms with Gasteiger partial charge in [0, 0.05) is 18.7 Å². The molecule has 1 fully saturated rings. The minimum Gasteiger partial charge on any atom is -0.428 e. The van der Waals surface area contributed by atoms with E-state index in [1.165, 1.54) is 0 Å². The number of hydrogen-bond donors (Lipinski definition) is 1. The van der Waals surface area contributed by atoms with Crippen molar-refractivity contribution in [1.29, 1.82) is 0 Å². The van der Waals surface area contributed by atoms with Gasteiger partial charge in [-0.25, -0.2) is 0 Å². The van der Waals surface area contributed by atoms with Crippen molar-refractivity contribution in [1.82, 2.24) is 4.90 Å². The summed E-state index contributed by atoms with van der Waals surface area (Å²) >= 11 is 0.